The largest absolute Gasteiger partial charge is 0.496 e. The van der Waals surface area contributed by atoms with Crippen molar-refractivity contribution in [2.24, 2.45) is 0 Å². The molecule has 176 valence electrons. The summed E-state index contributed by atoms with van der Waals surface area (Å²) >= 11 is 0. The molecule has 0 saturated carbocycles. The number of hydrogen-bond donors (Lipinski definition) is 1. The van der Waals surface area contributed by atoms with Crippen molar-refractivity contribution in [3.63, 3.8) is 0 Å². The first kappa shape index (κ1) is 22.6. The number of H-pyrrole nitrogens is 1. The Kier molecular flexibility index (Phi) is 6.21. The molecule has 0 aliphatic rings. The summed E-state index contributed by atoms with van der Waals surface area (Å²) in [5, 5.41) is 0. The second-order valence-electron chi connectivity index (χ2n) is 8.68. The van der Waals surface area contributed by atoms with Gasteiger partial charge in [0.05, 0.1) is 19.2 Å². The number of para-hydroxylation sites is 1. The van der Waals surface area contributed by atoms with Gasteiger partial charge in [0.15, 0.2) is 5.65 Å². The number of pyridine rings is 1. The summed E-state index contributed by atoms with van der Waals surface area (Å²) in [5.74, 6) is 1.42. The normalized spacial score (nSPS) is 11.5. The van der Waals surface area contributed by atoms with Crippen molar-refractivity contribution in [2.75, 3.05) is 7.11 Å². The molecule has 0 aliphatic carbocycles. The van der Waals surface area contributed by atoms with Gasteiger partial charge in [-0.2, -0.15) is 0 Å². The lowest BCUT2D eigenvalue weighted by Gasteiger charge is -2.27. The Morgan fingerprint density at radius 3 is 2.49 bits per heavy atom. The van der Waals surface area contributed by atoms with Gasteiger partial charge < -0.3 is 19.2 Å². The number of aromatic amines is 1. The molecule has 2 aromatic heterocycles. The van der Waals surface area contributed by atoms with E-state index in [1.807, 2.05) is 105 Å². The Balaban J connectivity index is 1.36. The van der Waals surface area contributed by atoms with Crippen LogP contribution < -0.4 is 9.47 Å². The lowest BCUT2D eigenvalue weighted by molar-refractivity contribution is -0.164. The molecule has 6 nitrogen and oxygen atoms in total. The van der Waals surface area contributed by atoms with Crippen LogP contribution in [-0.4, -0.2) is 27.8 Å². The molecule has 2 heterocycles. The molecule has 0 atom stereocenters. The Hall–Kier alpha value is -4.16. The molecular formula is C29H27N3O3. The van der Waals surface area contributed by atoms with Crippen molar-refractivity contribution in [3.05, 3.63) is 96.7 Å². The number of nitrogens with zero attached hydrogens (tertiary/aromatic N) is 2. The standard InChI is InChI=1S/C29H27N3O3/c1-29(2,34-19-20-10-5-4-6-11-20)35-23-13-9-12-21(16-23)27-31-25-17-22(18-30-28(25)32-27)24-14-7-8-15-26(24)33-3/h4-18H,19H2,1-3H3,(H,30,31,32). The number of hydrogen-bond acceptors (Lipinski definition) is 5. The SMILES string of the molecule is COc1ccccc1-c1cnc2nc(-c3cccc(OC(C)(C)OCc4ccccc4)c3)[nH]c2c1. The van der Waals surface area contributed by atoms with Crippen LogP contribution in [0.2, 0.25) is 0 Å². The van der Waals surface area contributed by atoms with Crippen LogP contribution in [-0.2, 0) is 11.3 Å². The predicted octanol–water partition coefficient (Wildman–Crippen LogP) is 6.63. The number of fused-ring (bicyclic) bond motifs is 1. The van der Waals surface area contributed by atoms with E-state index in [-0.39, 0.29) is 0 Å². The van der Waals surface area contributed by atoms with Gasteiger partial charge in [-0.1, -0.05) is 60.7 Å². The minimum absolute atomic E-state index is 0.470. The van der Waals surface area contributed by atoms with Crippen LogP contribution in [0.4, 0.5) is 0 Å². The van der Waals surface area contributed by atoms with E-state index >= 15 is 0 Å². The average molecular weight is 466 g/mol. The summed E-state index contributed by atoms with van der Waals surface area (Å²) in [5.41, 5.74) is 5.43. The van der Waals surface area contributed by atoms with Crippen molar-refractivity contribution in [2.45, 2.75) is 26.2 Å². The molecule has 0 fully saturated rings. The van der Waals surface area contributed by atoms with Crippen LogP contribution in [0.1, 0.15) is 19.4 Å². The molecule has 5 aromatic rings. The summed E-state index contributed by atoms with van der Waals surface area (Å²) in [6, 6.07) is 27.8. The molecule has 0 saturated heterocycles. The second kappa shape index (κ2) is 9.60. The van der Waals surface area contributed by atoms with E-state index in [0.29, 0.717) is 18.0 Å². The molecule has 5 rings (SSSR count). The predicted molar refractivity (Wildman–Crippen MR) is 137 cm³/mol. The number of imidazole rings is 1. The maximum atomic E-state index is 6.17. The summed E-state index contributed by atoms with van der Waals surface area (Å²) < 4.78 is 17.7. The summed E-state index contributed by atoms with van der Waals surface area (Å²) in [6.45, 7) is 4.29. The van der Waals surface area contributed by atoms with Gasteiger partial charge in [0.25, 0.3) is 0 Å². The van der Waals surface area contributed by atoms with Gasteiger partial charge in [0, 0.05) is 36.7 Å². The second-order valence-corrected chi connectivity index (χ2v) is 8.68. The van der Waals surface area contributed by atoms with E-state index in [9.17, 15) is 0 Å². The van der Waals surface area contributed by atoms with Gasteiger partial charge in [-0.25, -0.2) is 9.97 Å². The van der Waals surface area contributed by atoms with E-state index in [1.54, 1.807) is 7.11 Å². The Morgan fingerprint density at radius 2 is 1.66 bits per heavy atom. The molecule has 0 unspecified atom stereocenters. The smallest absolute Gasteiger partial charge is 0.205 e. The number of nitrogens with one attached hydrogen (secondary N) is 1. The van der Waals surface area contributed by atoms with E-state index in [1.165, 1.54) is 0 Å². The Morgan fingerprint density at radius 1 is 0.857 bits per heavy atom. The molecule has 1 N–H and O–H groups in total. The summed E-state index contributed by atoms with van der Waals surface area (Å²) in [4.78, 5) is 12.6. The Labute approximate surface area is 204 Å². The van der Waals surface area contributed by atoms with Crippen LogP contribution in [0.5, 0.6) is 11.5 Å². The lowest BCUT2D eigenvalue weighted by atomic mass is 10.1. The minimum Gasteiger partial charge on any atom is -0.496 e. The summed E-state index contributed by atoms with van der Waals surface area (Å²) in [6.07, 6.45) is 1.82. The zero-order valence-electron chi connectivity index (χ0n) is 20.0. The molecular weight excluding hydrogens is 438 g/mol. The molecule has 0 spiro atoms. The van der Waals surface area contributed by atoms with E-state index < -0.39 is 5.79 Å². The molecule has 0 aliphatic heterocycles. The number of ether oxygens (including phenoxy) is 3. The first-order valence-corrected chi connectivity index (χ1v) is 11.5. The van der Waals surface area contributed by atoms with Crippen molar-refractivity contribution >= 4 is 11.2 Å². The number of aromatic nitrogens is 3. The van der Waals surface area contributed by atoms with Gasteiger partial charge in [0.2, 0.25) is 5.79 Å². The molecule has 0 bridgehead atoms. The third-order valence-electron chi connectivity index (χ3n) is 5.66. The minimum atomic E-state index is -0.798. The molecule has 0 amide bonds. The van der Waals surface area contributed by atoms with Gasteiger partial charge in [-0.3, -0.25) is 0 Å². The maximum Gasteiger partial charge on any atom is 0.205 e. The van der Waals surface area contributed by atoms with Gasteiger partial charge in [0.1, 0.15) is 17.3 Å². The van der Waals surface area contributed by atoms with E-state index in [0.717, 1.165) is 39.3 Å². The highest BCUT2D eigenvalue weighted by molar-refractivity contribution is 5.82. The van der Waals surface area contributed by atoms with Crippen molar-refractivity contribution in [1.82, 2.24) is 15.0 Å². The van der Waals surface area contributed by atoms with Gasteiger partial charge >= 0.3 is 0 Å². The highest BCUT2D eigenvalue weighted by atomic mass is 16.7. The van der Waals surface area contributed by atoms with Crippen molar-refractivity contribution in [1.29, 1.82) is 0 Å². The lowest BCUT2D eigenvalue weighted by Crippen LogP contribution is -2.31. The van der Waals surface area contributed by atoms with Crippen LogP contribution in [0.3, 0.4) is 0 Å². The monoisotopic (exact) mass is 465 g/mol. The highest BCUT2D eigenvalue weighted by Crippen LogP contribution is 2.32. The maximum absolute atomic E-state index is 6.17. The third-order valence-corrected chi connectivity index (χ3v) is 5.66. The fraction of sp³-hybridized carbons (Fsp3) is 0.172. The fourth-order valence-electron chi connectivity index (χ4n) is 3.92. The van der Waals surface area contributed by atoms with Crippen molar-refractivity contribution < 1.29 is 14.2 Å². The average Bonchev–Trinajstić information content (AvgIpc) is 3.32. The van der Waals surface area contributed by atoms with Crippen molar-refractivity contribution in [3.8, 4) is 34.0 Å². The zero-order chi connectivity index (χ0) is 24.3. The molecule has 3 aromatic carbocycles. The number of methoxy groups -OCH3 is 1. The quantitative estimate of drug-likeness (QED) is 0.260. The highest BCUT2D eigenvalue weighted by Gasteiger charge is 2.21. The van der Waals surface area contributed by atoms with Gasteiger partial charge in [-0.05, 0) is 29.8 Å². The molecule has 6 heteroatoms. The third kappa shape index (κ3) is 5.18. The van der Waals surface area contributed by atoms with Crippen LogP contribution >= 0.6 is 0 Å². The van der Waals surface area contributed by atoms with E-state index in [4.69, 9.17) is 14.2 Å². The van der Waals surface area contributed by atoms with Crippen LogP contribution in [0.15, 0.2) is 91.1 Å². The first-order valence-electron chi connectivity index (χ1n) is 11.5. The molecule has 35 heavy (non-hydrogen) atoms. The molecule has 0 radical (unpaired) electrons. The van der Waals surface area contributed by atoms with E-state index in [2.05, 4.69) is 15.0 Å². The Bertz CT molecular complexity index is 1440. The number of rotatable bonds is 8. The fourth-order valence-corrected chi connectivity index (χ4v) is 3.92. The van der Waals surface area contributed by atoms with Crippen LogP contribution in [0, 0.1) is 0 Å². The number of benzene rings is 3. The van der Waals surface area contributed by atoms with Crippen LogP contribution in [0.25, 0.3) is 33.7 Å². The van der Waals surface area contributed by atoms with Gasteiger partial charge in [-0.15, -0.1) is 0 Å². The first-order chi connectivity index (χ1) is 17.0. The summed E-state index contributed by atoms with van der Waals surface area (Å²) in [7, 11) is 1.67. The topological polar surface area (TPSA) is 69.3 Å². The zero-order valence-corrected chi connectivity index (χ0v) is 20.0.